The van der Waals surface area contributed by atoms with Gasteiger partial charge in [0.25, 0.3) is 11.8 Å². The number of carbonyl (C=O) groups is 2. The molecule has 0 atom stereocenters. The molecule has 3 heterocycles. The Kier molecular flexibility index (Phi) is 5.88. The quantitative estimate of drug-likeness (QED) is 0.739. The number of piperazine rings is 1. The molecule has 136 valence electrons. The van der Waals surface area contributed by atoms with Gasteiger partial charge in [-0.25, -0.2) is 0 Å². The van der Waals surface area contributed by atoms with Gasteiger partial charge in [0, 0.05) is 44.1 Å². The van der Waals surface area contributed by atoms with Crippen LogP contribution in [0, 0.1) is 0 Å². The van der Waals surface area contributed by atoms with Crippen LogP contribution in [0.3, 0.4) is 0 Å². The van der Waals surface area contributed by atoms with Gasteiger partial charge in [0.1, 0.15) is 5.70 Å². The van der Waals surface area contributed by atoms with Gasteiger partial charge in [-0.2, -0.15) is 0 Å². The number of carbonyl (C=O) groups excluding carboxylic acids is 2. The average molecular weight is 363 g/mol. The van der Waals surface area contributed by atoms with Gasteiger partial charge in [0.05, 0.1) is 12.2 Å². The van der Waals surface area contributed by atoms with Crippen LogP contribution in [-0.2, 0) is 9.59 Å². The minimum atomic E-state index is -0.159. The van der Waals surface area contributed by atoms with Crippen LogP contribution in [0.1, 0.15) is 24.6 Å². The Morgan fingerprint density at radius 2 is 1.88 bits per heavy atom. The van der Waals surface area contributed by atoms with Crippen molar-refractivity contribution in [2.75, 3.05) is 45.9 Å². The summed E-state index contributed by atoms with van der Waals surface area (Å²) < 4.78 is 0. The van der Waals surface area contributed by atoms with Crippen LogP contribution < -0.4 is 0 Å². The monoisotopic (exact) mass is 363 g/mol. The molecule has 7 heteroatoms. The maximum atomic E-state index is 13.0. The molecule has 0 radical (unpaired) electrons. The lowest BCUT2D eigenvalue weighted by atomic mass is 10.1. The summed E-state index contributed by atoms with van der Waals surface area (Å²) in [5.41, 5.74) is 1.12. The first kappa shape index (κ1) is 18.1. The molecule has 25 heavy (non-hydrogen) atoms. The van der Waals surface area contributed by atoms with Crippen molar-refractivity contribution in [1.29, 1.82) is 0 Å². The maximum absolute atomic E-state index is 13.0. The number of hydrogen-bond donors (Lipinski definition) is 1. The van der Waals surface area contributed by atoms with Crippen molar-refractivity contribution >= 4 is 28.7 Å². The summed E-state index contributed by atoms with van der Waals surface area (Å²) in [6.07, 6.45) is 1.77. The van der Waals surface area contributed by atoms with Crippen LogP contribution in [0.2, 0.25) is 0 Å². The molecular weight excluding hydrogens is 338 g/mol. The van der Waals surface area contributed by atoms with Gasteiger partial charge in [0.2, 0.25) is 0 Å². The van der Waals surface area contributed by atoms with E-state index in [4.69, 9.17) is 5.11 Å². The van der Waals surface area contributed by atoms with E-state index in [1.807, 2.05) is 17.5 Å². The zero-order chi connectivity index (χ0) is 17.8. The fourth-order valence-corrected chi connectivity index (χ4v) is 4.12. The Morgan fingerprint density at radius 3 is 2.48 bits per heavy atom. The van der Waals surface area contributed by atoms with E-state index in [-0.39, 0.29) is 18.4 Å². The molecule has 3 rings (SSSR count). The standard InChI is InChI=1S/C18H25N3O3S/c1-2-3-6-21-17(23)15(14-5-4-13-25-14)16(18(21)24)20-9-7-19(8-10-20)11-12-22/h4-5,13,22H,2-3,6-12H2,1H3. The maximum Gasteiger partial charge on any atom is 0.277 e. The van der Waals surface area contributed by atoms with Crippen molar-refractivity contribution in [3.63, 3.8) is 0 Å². The molecule has 0 aromatic carbocycles. The van der Waals surface area contributed by atoms with Crippen molar-refractivity contribution in [3.8, 4) is 0 Å². The first-order valence-electron chi connectivity index (χ1n) is 8.89. The van der Waals surface area contributed by atoms with E-state index in [0.717, 1.165) is 30.8 Å². The Morgan fingerprint density at radius 1 is 1.12 bits per heavy atom. The Balaban J connectivity index is 1.87. The highest BCUT2D eigenvalue weighted by Gasteiger charge is 2.42. The van der Waals surface area contributed by atoms with Gasteiger partial charge in [-0.3, -0.25) is 19.4 Å². The van der Waals surface area contributed by atoms with Crippen LogP contribution >= 0.6 is 11.3 Å². The van der Waals surface area contributed by atoms with Crippen LogP contribution in [0.15, 0.2) is 23.2 Å². The molecule has 6 nitrogen and oxygen atoms in total. The fraction of sp³-hybridized carbons (Fsp3) is 0.556. The molecular formula is C18H25N3O3S. The third kappa shape index (κ3) is 3.63. The summed E-state index contributed by atoms with van der Waals surface area (Å²) in [7, 11) is 0. The number of hydrogen-bond acceptors (Lipinski definition) is 6. The normalized spacial score (nSPS) is 19.4. The van der Waals surface area contributed by atoms with Crippen LogP contribution in [-0.4, -0.2) is 77.5 Å². The Labute approximate surface area is 152 Å². The van der Waals surface area contributed by atoms with Gasteiger partial charge < -0.3 is 10.0 Å². The second-order valence-electron chi connectivity index (χ2n) is 6.37. The number of β-amino-alcohol motifs (C(OH)–C–C–N with tert-alkyl or cyclic N) is 1. The minimum absolute atomic E-state index is 0.144. The molecule has 1 N–H and O–H groups in total. The molecule has 1 aromatic heterocycles. The molecule has 0 aliphatic carbocycles. The number of aliphatic hydroxyl groups excluding tert-OH is 1. The smallest absolute Gasteiger partial charge is 0.277 e. The molecule has 0 spiro atoms. The second kappa shape index (κ2) is 8.12. The summed E-state index contributed by atoms with van der Waals surface area (Å²) in [6, 6.07) is 3.83. The van der Waals surface area contributed by atoms with E-state index in [1.165, 1.54) is 16.2 Å². The first-order chi connectivity index (χ1) is 12.2. The number of thiophene rings is 1. The van der Waals surface area contributed by atoms with E-state index in [0.29, 0.717) is 37.4 Å². The molecule has 1 aromatic rings. The van der Waals surface area contributed by atoms with E-state index >= 15 is 0 Å². The summed E-state index contributed by atoms with van der Waals surface area (Å²) in [4.78, 5) is 32.4. The highest BCUT2D eigenvalue weighted by atomic mass is 32.1. The number of amides is 2. The van der Waals surface area contributed by atoms with Crippen molar-refractivity contribution < 1.29 is 14.7 Å². The van der Waals surface area contributed by atoms with Crippen molar-refractivity contribution in [1.82, 2.24) is 14.7 Å². The summed E-state index contributed by atoms with van der Waals surface area (Å²) in [5, 5.41) is 11.0. The fourth-order valence-electron chi connectivity index (χ4n) is 3.36. The van der Waals surface area contributed by atoms with Gasteiger partial charge in [0.15, 0.2) is 0 Å². The average Bonchev–Trinajstić information content (AvgIpc) is 3.22. The van der Waals surface area contributed by atoms with Crippen LogP contribution in [0.25, 0.3) is 5.57 Å². The van der Waals surface area contributed by atoms with Crippen molar-refractivity contribution in [2.24, 2.45) is 0 Å². The number of unbranched alkanes of at least 4 members (excludes halogenated alkanes) is 1. The highest BCUT2D eigenvalue weighted by molar-refractivity contribution is 7.11. The molecule has 2 aliphatic rings. The summed E-state index contributed by atoms with van der Waals surface area (Å²) in [6.45, 7) is 6.31. The van der Waals surface area contributed by atoms with E-state index in [2.05, 4.69) is 16.7 Å². The third-order valence-electron chi connectivity index (χ3n) is 4.75. The van der Waals surface area contributed by atoms with E-state index in [1.54, 1.807) is 0 Å². The molecule has 0 bridgehead atoms. The zero-order valence-electron chi connectivity index (χ0n) is 14.6. The van der Waals surface area contributed by atoms with Gasteiger partial charge in [-0.05, 0) is 17.9 Å². The highest BCUT2D eigenvalue weighted by Crippen LogP contribution is 2.34. The molecule has 1 fully saturated rings. The van der Waals surface area contributed by atoms with Crippen LogP contribution in [0.5, 0.6) is 0 Å². The largest absolute Gasteiger partial charge is 0.395 e. The molecule has 0 unspecified atom stereocenters. The lowest BCUT2D eigenvalue weighted by Gasteiger charge is -2.36. The number of imide groups is 1. The SMILES string of the molecule is CCCCN1C(=O)C(c2cccs2)=C(N2CCN(CCO)CC2)C1=O. The number of rotatable bonds is 7. The molecule has 0 saturated carbocycles. The number of aliphatic hydroxyl groups is 1. The number of nitrogens with zero attached hydrogens (tertiary/aromatic N) is 3. The Hall–Kier alpha value is -1.70. The summed E-state index contributed by atoms with van der Waals surface area (Å²) in [5.74, 6) is -0.314. The molecule has 2 aliphatic heterocycles. The van der Waals surface area contributed by atoms with E-state index < -0.39 is 0 Å². The first-order valence-corrected chi connectivity index (χ1v) is 9.77. The molecule has 1 saturated heterocycles. The summed E-state index contributed by atoms with van der Waals surface area (Å²) >= 11 is 1.50. The van der Waals surface area contributed by atoms with Crippen molar-refractivity contribution in [3.05, 3.63) is 28.1 Å². The lowest BCUT2D eigenvalue weighted by molar-refractivity contribution is -0.137. The van der Waals surface area contributed by atoms with Gasteiger partial charge in [-0.1, -0.05) is 19.4 Å². The van der Waals surface area contributed by atoms with Gasteiger partial charge in [-0.15, -0.1) is 11.3 Å². The minimum Gasteiger partial charge on any atom is -0.395 e. The predicted octanol–water partition coefficient (Wildman–Crippen LogP) is 1.24. The predicted molar refractivity (Wildman–Crippen MR) is 98.0 cm³/mol. The van der Waals surface area contributed by atoms with Gasteiger partial charge >= 0.3 is 0 Å². The van der Waals surface area contributed by atoms with Crippen molar-refractivity contribution in [2.45, 2.75) is 19.8 Å². The van der Waals surface area contributed by atoms with E-state index in [9.17, 15) is 9.59 Å². The Bertz CT molecular complexity index is 649. The third-order valence-corrected chi connectivity index (χ3v) is 5.64. The molecule has 2 amide bonds. The van der Waals surface area contributed by atoms with Crippen LogP contribution in [0.4, 0.5) is 0 Å². The topological polar surface area (TPSA) is 64.1 Å². The second-order valence-corrected chi connectivity index (χ2v) is 7.32. The zero-order valence-corrected chi connectivity index (χ0v) is 15.4. The lowest BCUT2D eigenvalue weighted by Crippen LogP contribution is -2.48.